The van der Waals surface area contributed by atoms with E-state index in [4.69, 9.17) is 4.74 Å². The summed E-state index contributed by atoms with van der Waals surface area (Å²) in [7, 11) is 0. The number of hydrogen-bond donors (Lipinski definition) is 0. The lowest BCUT2D eigenvalue weighted by molar-refractivity contribution is -0.161. The van der Waals surface area contributed by atoms with Crippen LogP contribution in [0.3, 0.4) is 0 Å². The largest absolute Gasteiger partial charge is 0.456 e. The fourth-order valence-electron chi connectivity index (χ4n) is 3.25. The van der Waals surface area contributed by atoms with E-state index in [0.29, 0.717) is 17.8 Å². The van der Waals surface area contributed by atoms with E-state index in [1.807, 2.05) is 30.3 Å². The smallest absolute Gasteiger partial charge is 0.379 e. The van der Waals surface area contributed by atoms with Gasteiger partial charge in [-0.1, -0.05) is 63.6 Å². The minimum absolute atomic E-state index is 0.139. The van der Waals surface area contributed by atoms with E-state index >= 15 is 0 Å². The van der Waals surface area contributed by atoms with Crippen LogP contribution in [0.5, 0.6) is 0 Å². The van der Waals surface area contributed by atoms with Gasteiger partial charge < -0.3 is 4.74 Å². The van der Waals surface area contributed by atoms with E-state index in [2.05, 4.69) is 20.8 Å². The summed E-state index contributed by atoms with van der Waals surface area (Å²) in [5, 5.41) is 0. The van der Waals surface area contributed by atoms with Crippen LogP contribution in [0.1, 0.15) is 45.6 Å². The van der Waals surface area contributed by atoms with Crippen molar-refractivity contribution < 1.29 is 14.3 Å². The standard InChI is InChI=1S/C20H26O3/c1-14(2)17-11-9-15(3)13-19(17)23-20(22)18(21)12-10-16-7-5-4-6-8-16/h4-8,10,12,14-15,17,19H,9,11,13H2,1-3H3/b12-10-/t15-,17-,19-/m1/s1. The Morgan fingerprint density at radius 3 is 2.52 bits per heavy atom. The molecule has 0 spiro atoms. The summed E-state index contributed by atoms with van der Waals surface area (Å²) in [5.74, 6) is 0.0191. The van der Waals surface area contributed by atoms with Crippen molar-refractivity contribution in [2.45, 2.75) is 46.1 Å². The zero-order valence-electron chi connectivity index (χ0n) is 14.2. The zero-order valence-corrected chi connectivity index (χ0v) is 14.2. The molecule has 1 aliphatic carbocycles. The topological polar surface area (TPSA) is 43.4 Å². The summed E-state index contributed by atoms with van der Waals surface area (Å²) in [6, 6.07) is 9.45. The number of carbonyl (C=O) groups is 2. The van der Waals surface area contributed by atoms with Crippen LogP contribution in [0.4, 0.5) is 0 Å². The van der Waals surface area contributed by atoms with Crippen molar-refractivity contribution in [1.29, 1.82) is 0 Å². The number of esters is 1. The molecule has 3 heteroatoms. The van der Waals surface area contributed by atoms with Crippen LogP contribution in [-0.2, 0) is 14.3 Å². The summed E-state index contributed by atoms with van der Waals surface area (Å²) in [4.78, 5) is 24.1. The van der Waals surface area contributed by atoms with Crippen LogP contribution in [0.2, 0.25) is 0 Å². The van der Waals surface area contributed by atoms with Gasteiger partial charge in [0.1, 0.15) is 6.10 Å². The van der Waals surface area contributed by atoms with E-state index < -0.39 is 11.8 Å². The average Bonchev–Trinajstić information content (AvgIpc) is 2.53. The molecule has 1 fully saturated rings. The Hall–Kier alpha value is -1.90. The highest BCUT2D eigenvalue weighted by Gasteiger charge is 2.34. The maximum Gasteiger partial charge on any atom is 0.379 e. The Balaban J connectivity index is 1.96. The Bertz CT molecular complexity index is 560. The monoisotopic (exact) mass is 314 g/mol. The van der Waals surface area contributed by atoms with Crippen LogP contribution < -0.4 is 0 Å². The van der Waals surface area contributed by atoms with Crippen molar-refractivity contribution in [3.05, 3.63) is 42.0 Å². The van der Waals surface area contributed by atoms with Crippen LogP contribution in [0.15, 0.2) is 36.4 Å². The lowest BCUT2D eigenvalue weighted by Crippen LogP contribution is -2.37. The van der Waals surface area contributed by atoms with Gasteiger partial charge in [-0.25, -0.2) is 4.79 Å². The first-order valence-electron chi connectivity index (χ1n) is 8.45. The van der Waals surface area contributed by atoms with Gasteiger partial charge in [0.05, 0.1) is 0 Å². The molecule has 0 aliphatic heterocycles. The molecule has 0 amide bonds. The maximum absolute atomic E-state index is 12.1. The molecule has 0 radical (unpaired) electrons. The molecule has 124 valence electrons. The fraction of sp³-hybridized carbons (Fsp3) is 0.500. The molecule has 1 aliphatic rings. The predicted octanol–water partition coefficient (Wildman–Crippen LogP) is 4.27. The minimum Gasteiger partial charge on any atom is -0.456 e. The third kappa shape index (κ3) is 5.05. The van der Waals surface area contributed by atoms with E-state index in [9.17, 15) is 9.59 Å². The average molecular weight is 314 g/mol. The van der Waals surface area contributed by atoms with Gasteiger partial charge in [0.25, 0.3) is 5.78 Å². The third-order valence-corrected chi connectivity index (χ3v) is 4.65. The number of carbonyl (C=O) groups excluding carboxylic acids is 2. The molecule has 3 atom stereocenters. The Morgan fingerprint density at radius 1 is 1.17 bits per heavy atom. The lowest BCUT2D eigenvalue weighted by Gasteiger charge is -2.36. The molecule has 0 bridgehead atoms. The second-order valence-electron chi connectivity index (χ2n) is 6.88. The SMILES string of the molecule is CC(C)[C@H]1CC[C@@H](C)C[C@H]1OC(=O)C(=O)/C=C\c1ccccc1. The second kappa shape index (κ2) is 8.09. The van der Waals surface area contributed by atoms with Gasteiger partial charge in [0, 0.05) is 0 Å². The van der Waals surface area contributed by atoms with Gasteiger partial charge in [0.2, 0.25) is 0 Å². The van der Waals surface area contributed by atoms with Crippen molar-refractivity contribution >= 4 is 17.8 Å². The van der Waals surface area contributed by atoms with Crippen LogP contribution in [-0.4, -0.2) is 17.9 Å². The van der Waals surface area contributed by atoms with Crippen molar-refractivity contribution in [1.82, 2.24) is 0 Å². The summed E-state index contributed by atoms with van der Waals surface area (Å²) < 4.78 is 5.55. The highest BCUT2D eigenvalue weighted by atomic mass is 16.5. The molecule has 0 saturated heterocycles. The van der Waals surface area contributed by atoms with Gasteiger partial charge in [-0.2, -0.15) is 0 Å². The normalized spacial score (nSPS) is 24.8. The van der Waals surface area contributed by atoms with E-state index in [1.165, 1.54) is 12.5 Å². The van der Waals surface area contributed by atoms with Crippen LogP contribution in [0.25, 0.3) is 6.08 Å². The molecule has 23 heavy (non-hydrogen) atoms. The second-order valence-corrected chi connectivity index (χ2v) is 6.88. The molecule has 3 nitrogen and oxygen atoms in total. The van der Waals surface area contributed by atoms with E-state index in [1.54, 1.807) is 6.08 Å². The highest BCUT2D eigenvalue weighted by Crippen LogP contribution is 2.35. The Morgan fingerprint density at radius 2 is 1.87 bits per heavy atom. The number of hydrogen-bond acceptors (Lipinski definition) is 3. The molecular weight excluding hydrogens is 288 g/mol. The molecular formula is C20H26O3. The lowest BCUT2D eigenvalue weighted by atomic mass is 9.75. The predicted molar refractivity (Wildman–Crippen MR) is 91.7 cm³/mol. The number of ether oxygens (including phenoxy) is 1. The Kier molecular flexibility index (Phi) is 6.14. The van der Waals surface area contributed by atoms with E-state index in [-0.39, 0.29) is 6.10 Å². The Labute approximate surface area is 138 Å². The van der Waals surface area contributed by atoms with Gasteiger partial charge in [-0.05, 0) is 42.2 Å². The number of rotatable bonds is 5. The molecule has 0 aromatic heterocycles. The third-order valence-electron chi connectivity index (χ3n) is 4.65. The first-order chi connectivity index (χ1) is 11.0. The summed E-state index contributed by atoms with van der Waals surface area (Å²) in [6.45, 7) is 6.48. The van der Waals surface area contributed by atoms with Crippen LogP contribution >= 0.6 is 0 Å². The van der Waals surface area contributed by atoms with Gasteiger partial charge in [-0.15, -0.1) is 0 Å². The first-order valence-corrected chi connectivity index (χ1v) is 8.45. The molecule has 2 rings (SSSR count). The van der Waals surface area contributed by atoms with Crippen LogP contribution in [0, 0.1) is 17.8 Å². The summed E-state index contributed by atoms with van der Waals surface area (Å²) >= 11 is 0. The maximum atomic E-state index is 12.1. The number of benzene rings is 1. The summed E-state index contributed by atoms with van der Waals surface area (Å²) in [6.07, 6.45) is 5.88. The van der Waals surface area contributed by atoms with E-state index in [0.717, 1.165) is 18.4 Å². The van der Waals surface area contributed by atoms with Gasteiger partial charge >= 0.3 is 5.97 Å². The highest BCUT2D eigenvalue weighted by molar-refractivity contribution is 6.39. The molecule has 1 aromatic carbocycles. The molecule has 1 saturated carbocycles. The van der Waals surface area contributed by atoms with Gasteiger partial charge in [0.15, 0.2) is 0 Å². The van der Waals surface area contributed by atoms with Crippen molar-refractivity contribution in [3.63, 3.8) is 0 Å². The quantitative estimate of drug-likeness (QED) is 0.463. The summed E-state index contributed by atoms with van der Waals surface area (Å²) in [5.41, 5.74) is 0.889. The van der Waals surface area contributed by atoms with Crippen molar-refractivity contribution in [2.75, 3.05) is 0 Å². The first kappa shape index (κ1) is 17.5. The number of ketones is 1. The molecule has 0 N–H and O–H groups in total. The molecule has 1 aromatic rings. The van der Waals surface area contributed by atoms with Gasteiger partial charge in [-0.3, -0.25) is 4.79 Å². The fourth-order valence-corrected chi connectivity index (χ4v) is 3.25. The minimum atomic E-state index is -0.734. The van der Waals surface area contributed by atoms with Crippen molar-refractivity contribution in [3.8, 4) is 0 Å². The molecule has 0 heterocycles. The van der Waals surface area contributed by atoms with Crippen molar-refractivity contribution in [2.24, 2.45) is 17.8 Å². The molecule has 0 unspecified atom stereocenters. The zero-order chi connectivity index (χ0) is 16.8.